The van der Waals surface area contributed by atoms with Crippen LogP contribution in [0.25, 0.3) is 11.2 Å². The van der Waals surface area contributed by atoms with Gasteiger partial charge in [0, 0.05) is 32.7 Å². The van der Waals surface area contributed by atoms with E-state index in [0.717, 1.165) is 81.1 Å². The van der Waals surface area contributed by atoms with E-state index in [1.165, 1.54) is 0 Å². The Labute approximate surface area is 166 Å². The lowest BCUT2D eigenvalue weighted by molar-refractivity contribution is -0.135. The first-order chi connectivity index (χ1) is 13.5. The van der Waals surface area contributed by atoms with Crippen molar-refractivity contribution in [2.45, 2.75) is 33.1 Å². The lowest BCUT2D eigenvalue weighted by atomic mass is 9.96. The molecule has 2 fully saturated rings. The quantitative estimate of drug-likeness (QED) is 0.792. The first-order valence-electron chi connectivity index (χ1n) is 10.3. The number of amides is 1. The molecule has 4 heterocycles. The second-order valence-corrected chi connectivity index (χ2v) is 8.20. The molecule has 7 heteroatoms. The molecule has 4 rings (SSSR count). The van der Waals surface area contributed by atoms with Crippen molar-refractivity contribution < 1.29 is 4.79 Å². The van der Waals surface area contributed by atoms with Gasteiger partial charge in [0.15, 0.2) is 5.65 Å². The first kappa shape index (κ1) is 19.1. The summed E-state index contributed by atoms with van der Waals surface area (Å²) in [7, 11) is 2.13. The van der Waals surface area contributed by atoms with E-state index in [2.05, 4.69) is 42.8 Å². The SMILES string of the molecule is Cc1nc2cc(N3CCC[C@H](C(=O)N4CCCN(C)CC4)C3)cnc2nc1C. The van der Waals surface area contributed by atoms with Crippen LogP contribution in [0.1, 0.15) is 30.7 Å². The number of nitrogens with zero attached hydrogens (tertiary/aromatic N) is 6. The molecule has 2 aliphatic heterocycles. The zero-order valence-electron chi connectivity index (χ0n) is 17.2. The average molecular weight is 383 g/mol. The van der Waals surface area contributed by atoms with Crippen molar-refractivity contribution in [1.82, 2.24) is 24.8 Å². The van der Waals surface area contributed by atoms with E-state index in [1.54, 1.807) is 0 Å². The van der Waals surface area contributed by atoms with Crippen molar-refractivity contribution in [3.8, 4) is 0 Å². The van der Waals surface area contributed by atoms with Crippen molar-refractivity contribution in [2.24, 2.45) is 5.92 Å². The fourth-order valence-corrected chi connectivity index (χ4v) is 4.22. The molecule has 1 atom stereocenters. The number of likely N-dealkylation sites (N-methyl/N-ethyl adjacent to an activating group) is 1. The van der Waals surface area contributed by atoms with Gasteiger partial charge in [-0.3, -0.25) is 4.79 Å². The summed E-state index contributed by atoms with van der Waals surface area (Å²) in [6.07, 6.45) is 4.94. The van der Waals surface area contributed by atoms with Gasteiger partial charge in [0.25, 0.3) is 0 Å². The normalized spacial score (nSPS) is 21.8. The molecule has 2 saturated heterocycles. The molecule has 0 spiro atoms. The molecule has 2 aromatic heterocycles. The standard InChI is InChI=1S/C21H30N6O/c1-15-16(2)24-20-19(23-15)12-18(13-22-20)27-8-4-6-17(14-27)21(28)26-9-5-7-25(3)10-11-26/h12-13,17H,4-11,14H2,1-3H3/t17-/m0/s1. The van der Waals surface area contributed by atoms with Crippen LogP contribution in [0.5, 0.6) is 0 Å². The molecule has 2 aromatic rings. The second kappa shape index (κ2) is 7.99. The maximum absolute atomic E-state index is 13.1. The van der Waals surface area contributed by atoms with Crippen LogP contribution in [0, 0.1) is 19.8 Å². The number of fused-ring (bicyclic) bond motifs is 1. The fraction of sp³-hybridized carbons (Fsp3) is 0.619. The number of rotatable bonds is 2. The van der Waals surface area contributed by atoms with Gasteiger partial charge in [-0.15, -0.1) is 0 Å². The molecule has 0 N–H and O–H groups in total. The number of anilines is 1. The molecule has 0 saturated carbocycles. The van der Waals surface area contributed by atoms with Gasteiger partial charge in [-0.2, -0.15) is 0 Å². The zero-order valence-corrected chi connectivity index (χ0v) is 17.2. The van der Waals surface area contributed by atoms with Crippen LogP contribution < -0.4 is 4.90 Å². The molecule has 2 aliphatic rings. The van der Waals surface area contributed by atoms with Gasteiger partial charge < -0.3 is 14.7 Å². The number of aromatic nitrogens is 3. The number of carbonyl (C=O) groups excluding carboxylic acids is 1. The molecular weight excluding hydrogens is 352 g/mol. The van der Waals surface area contributed by atoms with Gasteiger partial charge in [0.05, 0.1) is 29.2 Å². The minimum absolute atomic E-state index is 0.0682. The Morgan fingerprint density at radius 1 is 1.04 bits per heavy atom. The molecule has 1 amide bonds. The number of hydrogen-bond acceptors (Lipinski definition) is 6. The lowest BCUT2D eigenvalue weighted by Gasteiger charge is -2.36. The summed E-state index contributed by atoms with van der Waals surface area (Å²) < 4.78 is 0. The summed E-state index contributed by atoms with van der Waals surface area (Å²) in [6.45, 7) is 9.41. The van der Waals surface area contributed by atoms with Gasteiger partial charge in [-0.25, -0.2) is 15.0 Å². The van der Waals surface area contributed by atoms with Crippen molar-refractivity contribution in [3.63, 3.8) is 0 Å². The Morgan fingerprint density at radius 2 is 1.86 bits per heavy atom. The summed E-state index contributed by atoms with van der Waals surface area (Å²) in [6, 6.07) is 2.07. The van der Waals surface area contributed by atoms with Crippen molar-refractivity contribution in [2.75, 3.05) is 51.2 Å². The van der Waals surface area contributed by atoms with Crippen LogP contribution in [0.15, 0.2) is 12.3 Å². The summed E-state index contributed by atoms with van der Waals surface area (Å²) in [5.74, 6) is 0.388. The van der Waals surface area contributed by atoms with Crippen LogP contribution in [0.4, 0.5) is 5.69 Å². The maximum Gasteiger partial charge on any atom is 0.227 e. The van der Waals surface area contributed by atoms with Gasteiger partial charge in [0.1, 0.15) is 5.52 Å². The van der Waals surface area contributed by atoms with E-state index in [4.69, 9.17) is 0 Å². The number of hydrogen-bond donors (Lipinski definition) is 0. The monoisotopic (exact) mass is 382 g/mol. The number of pyridine rings is 1. The number of carbonyl (C=O) groups is 1. The predicted octanol–water partition coefficient (Wildman–Crippen LogP) is 2.02. The van der Waals surface area contributed by atoms with Crippen LogP contribution in [0.2, 0.25) is 0 Å². The average Bonchev–Trinajstić information content (AvgIpc) is 2.92. The van der Waals surface area contributed by atoms with Crippen LogP contribution in [-0.2, 0) is 4.79 Å². The van der Waals surface area contributed by atoms with Crippen LogP contribution in [0.3, 0.4) is 0 Å². The highest BCUT2D eigenvalue weighted by Crippen LogP contribution is 2.26. The van der Waals surface area contributed by atoms with Crippen LogP contribution in [-0.4, -0.2) is 77.0 Å². The summed E-state index contributed by atoms with van der Waals surface area (Å²) in [4.78, 5) is 33.5. The molecule has 7 nitrogen and oxygen atoms in total. The molecule has 0 radical (unpaired) electrons. The third-order valence-corrected chi connectivity index (χ3v) is 6.09. The second-order valence-electron chi connectivity index (χ2n) is 8.20. The van der Waals surface area contributed by atoms with E-state index in [1.807, 2.05) is 20.0 Å². The molecule has 0 bridgehead atoms. The van der Waals surface area contributed by atoms with Gasteiger partial charge in [-0.1, -0.05) is 0 Å². The molecule has 0 aromatic carbocycles. The Kier molecular flexibility index (Phi) is 5.44. The largest absolute Gasteiger partial charge is 0.369 e. The predicted molar refractivity (Wildman–Crippen MR) is 110 cm³/mol. The lowest BCUT2D eigenvalue weighted by Crippen LogP contribution is -2.46. The van der Waals surface area contributed by atoms with Gasteiger partial charge in [-0.05, 0) is 52.8 Å². The molecular formula is C21H30N6O. The summed E-state index contributed by atoms with van der Waals surface area (Å²) >= 11 is 0. The third-order valence-electron chi connectivity index (χ3n) is 6.09. The van der Waals surface area contributed by atoms with Crippen molar-refractivity contribution in [3.05, 3.63) is 23.7 Å². The van der Waals surface area contributed by atoms with E-state index in [9.17, 15) is 4.79 Å². The first-order valence-corrected chi connectivity index (χ1v) is 10.3. The molecule has 0 aliphatic carbocycles. The summed E-state index contributed by atoms with van der Waals surface area (Å²) in [5.41, 5.74) is 4.40. The van der Waals surface area contributed by atoms with Gasteiger partial charge in [0.2, 0.25) is 5.91 Å². The number of piperidine rings is 1. The van der Waals surface area contributed by atoms with Crippen LogP contribution >= 0.6 is 0 Å². The third kappa shape index (κ3) is 3.94. The Balaban J connectivity index is 1.49. The van der Waals surface area contributed by atoms with E-state index >= 15 is 0 Å². The highest BCUT2D eigenvalue weighted by molar-refractivity contribution is 5.80. The Hall–Kier alpha value is -2.28. The molecule has 150 valence electrons. The Bertz CT molecular complexity index is 869. The minimum Gasteiger partial charge on any atom is -0.369 e. The fourth-order valence-electron chi connectivity index (χ4n) is 4.22. The highest BCUT2D eigenvalue weighted by atomic mass is 16.2. The van der Waals surface area contributed by atoms with Crippen molar-refractivity contribution in [1.29, 1.82) is 0 Å². The van der Waals surface area contributed by atoms with E-state index in [-0.39, 0.29) is 5.92 Å². The van der Waals surface area contributed by atoms with E-state index < -0.39 is 0 Å². The van der Waals surface area contributed by atoms with Gasteiger partial charge >= 0.3 is 0 Å². The number of aryl methyl sites for hydroxylation is 2. The molecule has 0 unspecified atom stereocenters. The molecule has 28 heavy (non-hydrogen) atoms. The Morgan fingerprint density at radius 3 is 2.71 bits per heavy atom. The minimum atomic E-state index is 0.0682. The van der Waals surface area contributed by atoms with Crippen molar-refractivity contribution >= 4 is 22.8 Å². The summed E-state index contributed by atoms with van der Waals surface area (Å²) in [5, 5.41) is 0. The topological polar surface area (TPSA) is 65.5 Å². The maximum atomic E-state index is 13.1. The zero-order chi connectivity index (χ0) is 19.7. The van der Waals surface area contributed by atoms with E-state index in [0.29, 0.717) is 11.6 Å². The smallest absolute Gasteiger partial charge is 0.227 e. The highest BCUT2D eigenvalue weighted by Gasteiger charge is 2.30.